The summed E-state index contributed by atoms with van der Waals surface area (Å²) in [6.45, 7) is 1.48. The van der Waals surface area contributed by atoms with E-state index < -0.39 is 0 Å². The lowest BCUT2D eigenvalue weighted by Crippen LogP contribution is -2.16. The van der Waals surface area contributed by atoms with Crippen LogP contribution in [0.3, 0.4) is 0 Å². The molecule has 1 amide bonds. The molecule has 2 aromatic heterocycles. The van der Waals surface area contributed by atoms with E-state index in [1.807, 2.05) is 28.7 Å². The highest BCUT2D eigenvalue weighted by Gasteiger charge is 2.15. The molecule has 4 aromatic rings. The summed E-state index contributed by atoms with van der Waals surface area (Å²) in [6, 6.07) is 15.0. The number of Topliss-reactive ketones (excluding diaryl/α,β-unsaturated/α-hetero) is 1. The van der Waals surface area contributed by atoms with Crippen LogP contribution in [0.5, 0.6) is 0 Å². The van der Waals surface area contributed by atoms with Gasteiger partial charge in [-0.05, 0) is 31.2 Å². The number of hydrogen-bond acceptors (Lipinski definition) is 6. The molecule has 0 atom stereocenters. The van der Waals surface area contributed by atoms with Crippen molar-refractivity contribution in [2.24, 2.45) is 0 Å². The molecule has 0 saturated carbocycles. The second kappa shape index (κ2) is 6.89. The summed E-state index contributed by atoms with van der Waals surface area (Å²) in [5.41, 5.74) is 2.06. The number of fused-ring (bicyclic) bond motifs is 3. The van der Waals surface area contributed by atoms with Crippen LogP contribution in [0.25, 0.3) is 15.2 Å². The van der Waals surface area contributed by atoms with E-state index in [2.05, 4.69) is 15.5 Å². The van der Waals surface area contributed by atoms with E-state index in [0.717, 1.165) is 15.2 Å². The number of thioether (sulfide) groups is 1. The molecule has 2 heterocycles. The van der Waals surface area contributed by atoms with E-state index in [1.54, 1.807) is 35.6 Å². The largest absolute Gasteiger partial charge is 0.325 e. The van der Waals surface area contributed by atoms with Gasteiger partial charge in [0.25, 0.3) is 0 Å². The number of anilines is 1. The summed E-state index contributed by atoms with van der Waals surface area (Å²) in [5, 5.41) is 11.8. The smallest absolute Gasteiger partial charge is 0.234 e. The number of benzene rings is 2. The van der Waals surface area contributed by atoms with Crippen LogP contribution in [0.15, 0.2) is 53.7 Å². The van der Waals surface area contributed by atoms with Gasteiger partial charge < -0.3 is 5.32 Å². The standard InChI is InChI=1S/C18H14N4O2S2/c1-11(23)12-6-2-3-7-13(12)19-16(24)10-25-17-20-21-18-22(17)14-8-4-5-9-15(14)26-18/h2-9H,10H2,1H3,(H,19,24). The van der Waals surface area contributed by atoms with Crippen LogP contribution in [0.4, 0.5) is 5.69 Å². The van der Waals surface area contributed by atoms with Crippen LogP contribution in [0.2, 0.25) is 0 Å². The molecule has 0 spiro atoms. The van der Waals surface area contributed by atoms with Crippen LogP contribution >= 0.6 is 23.1 Å². The van der Waals surface area contributed by atoms with Gasteiger partial charge in [0, 0.05) is 5.56 Å². The maximum Gasteiger partial charge on any atom is 0.234 e. The molecule has 0 unspecified atom stereocenters. The highest BCUT2D eigenvalue weighted by atomic mass is 32.2. The minimum Gasteiger partial charge on any atom is -0.325 e. The first-order valence-electron chi connectivity index (χ1n) is 7.89. The molecule has 0 aliphatic rings. The van der Waals surface area contributed by atoms with Crippen LogP contribution in [0.1, 0.15) is 17.3 Å². The molecule has 4 rings (SSSR count). The molecule has 0 aliphatic carbocycles. The van der Waals surface area contributed by atoms with Crippen molar-refractivity contribution in [2.75, 3.05) is 11.1 Å². The summed E-state index contributed by atoms with van der Waals surface area (Å²) in [5.74, 6) is -0.102. The van der Waals surface area contributed by atoms with Gasteiger partial charge in [0.2, 0.25) is 10.9 Å². The molecule has 2 aromatic carbocycles. The first kappa shape index (κ1) is 16.7. The zero-order valence-electron chi connectivity index (χ0n) is 13.8. The van der Waals surface area contributed by atoms with Crippen LogP contribution in [0, 0.1) is 0 Å². The summed E-state index contributed by atoms with van der Waals surface area (Å²) >= 11 is 2.88. The molecule has 130 valence electrons. The van der Waals surface area contributed by atoms with E-state index in [4.69, 9.17) is 0 Å². The fraction of sp³-hybridized carbons (Fsp3) is 0.111. The Labute approximate surface area is 157 Å². The number of carbonyl (C=O) groups excluding carboxylic acids is 2. The number of aromatic nitrogens is 3. The van der Waals surface area contributed by atoms with Crippen LogP contribution < -0.4 is 5.32 Å². The van der Waals surface area contributed by atoms with Crippen molar-refractivity contribution in [3.63, 3.8) is 0 Å². The highest BCUT2D eigenvalue weighted by molar-refractivity contribution is 7.99. The minimum atomic E-state index is -0.194. The van der Waals surface area contributed by atoms with E-state index in [0.29, 0.717) is 16.4 Å². The van der Waals surface area contributed by atoms with Gasteiger partial charge in [0.15, 0.2) is 10.9 Å². The number of nitrogens with one attached hydrogen (secondary N) is 1. The number of amides is 1. The monoisotopic (exact) mass is 382 g/mol. The number of hydrogen-bond donors (Lipinski definition) is 1. The third-order valence-electron chi connectivity index (χ3n) is 3.82. The molecule has 0 fully saturated rings. The molecular weight excluding hydrogens is 368 g/mol. The molecule has 8 heteroatoms. The fourth-order valence-corrected chi connectivity index (χ4v) is 4.43. The van der Waals surface area contributed by atoms with Gasteiger partial charge in [0.05, 0.1) is 21.7 Å². The Morgan fingerprint density at radius 3 is 2.73 bits per heavy atom. The van der Waals surface area contributed by atoms with E-state index in [-0.39, 0.29) is 17.4 Å². The summed E-state index contributed by atoms with van der Waals surface area (Å²) < 4.78 is 3.08. The molecule has 0 saturated heterocycles. The lowest BCUT2D eigenvalue weighted by Gasteiger charge is -2.08. The van der Waals surface area contributed by atoms with Gasteiger partial charge in [0.1, 0.15) is 0 Å². The maximum absolute atomic E-state index is 12.3. The van der Waals surface area contributed by atoms with Gasteiger partial charge in [-0.15, -0.1) is 10.2 Å². The minimum absolute atomic E-state index is 0.0857. The topological polar surface area (TPSA) is 76.4 Å². The predicted octanol–water partition coefficient (Wildman–Crippen LogP) is 3.88. The van der Waals surface area contributed by atoms with Crippen molar-refractivity contribution in [1.29, 1.82) is 0 Å². The van der Waals surface area contributed by atoms with Crippen molar-refractivity contribution >= 4 is 55.7 Å². The van der Waals surface area contributed by atoms with Crippen LogP contribution in [-0.4, -0.2) is 32.0 Å². The highest BCUT2D eigenvalue weighted by Crippen LogP contribution is 2.29. The average Bonchev–Trinajstić information content (AvgIpc) is 3.19. The Morgan fingerprint density at radius 1 is 1.12 bits per heavy atom. The van der Waals surface area contributed by atoms with Crippen molar-refractivity contribution in [1.82, 2.24) is 14.6 Å². The summed E-state index contributed by atoms with van der Waals surface area (Å²) in [7, 11) is 0. The van der Waals surface area contributed by atoms with E-state index >= 15 is 0 Å². The van der Waals surface area contributed by atoms with Crippen molar-refractivity contribution in [3.8, 4) is 0 Å². The number of carbonyl (C=O) groups is 2. The summed E-state index contributed by atoms with van der Waals surface area (Å²) in [6.07, 6.45) is 0. The number of rotatable bonds is 5. The van der Waals surface area contributed by atoms with Crippen molar-refractivity contribution < 1.29 is 9.59 Å². The number of ketones is 1. The number of thiazole rings is 1. The first-order valence-corrected chi connectivity index (χ1v) is 9.69. The lowest BCUT2D eigenvalue weighted by atomic mass is 10.1. The van der Waals surface area contributed by atoms with Crippen molar-refractivity contribution in [2.45, 2.75) is 12.1 Å². The Kier molecular flexibility index (Phi) is 4.44. The van der Waals surface area contributed by atoms with Gasteiger partial charge in [-0.1, -0.05) is 47.4 Å². The second-order valence-electron chi connectivity index (χ2n) is 5.61. The molecule has 0 bridgehead atoms. The summed E-state index contributed by atoms with van der Waals surface area (Å²) in [4.78, 5) is 24.8. The predicted molar refractivity (Wildman–Crippen MR) is 104 cm³/mol. The zero-order chi connectivity index (χ0) is 18.1. The molecule has 26 heavy (non-hydrogen) atoms. The lowest BCUT2D eigenvalue weighted by molar-refractivity contribution is -0.113. The normalized spacial score (nSPS) is 11.1. The van der Waals surface area contributed by atoms with Gasteiger partial charge in [-0.2, -0.15) is 0 Å². The third kappa shape index (κ3) is 3.09. The first-order chi connectivity index (χ1) is 12.6. The Bertz CT molecular complexity index is 1130. The quantitative estimate of drug-likeness (QED) is 0.419. The van der Waals surface area contributed by atoms with E-state index in [1.165, 1.54) is 18.7 Å². The molecule has 0 aliphatic heterocycles. The molecule has 1 N–H and O–H groups in total. The Balaban J connectivity index is 1.52. The maximum atomic E-state index is 12.3. The van der Waals surface area contributed by atoms with Gasteiger partial charge in [-0.3, -0.25) is 14.0 Å². The van der Waals surface area contributed by atoms with Crippen LogP contribution in [-0.2, 0) is 4.79 Å². The van der Waals surface area contributed by atoms with Gasteiger partial charge in [-0.25, -0.2) is 0 Å². The van der Waals surface area contributed by atoms with E-state index in [9.17, 15) is 9.59 Å². The zero-order valence-corrected chi connectivity index (χ0v) is 15.4. The fourth-order valence-electron chi connectivity index (χ4n) is 2.66. The third-order valence-corrected chi connectivity index (χ3v) is 5.76. The molecular formula is C18H14N4O2S2. The number of para-hydroxylation sites is 2. The molecule has 0 radical (unpaired) electrons. The Hall–Kier alpha value is -2.71. The number of nitrogens with zero attached hydrogens (tertiary/aromatic N) is 3. The average molecular weight is 382 g/mol. The Morgan fingerprint density at radius 2 is 1.88 bits per heavy atom. The molecule has 6 nitrogen and oxygen atoms in total. The second-order valence-corrected chi connectivity index (χ2v) is 7.56. The van der Waals surface area contributed by atoms with Crippen molar-refractivity contribution in [3.05, 3.63) is 54.1 Å². The van der Waals surface area contributed by atoms with Gasteiger partial charge >= 0.3 is 0 Å². The SMILES string of the molecule is CC(=O)c1ccccc1NC(=O)CSc1nnc2sc3ccccc3n12.